The Morgan fingerprint density at radius 3 is 2.93 bits per heavy atom. The molecule has 146 valence electrons. The molecule has 0 spiro atoms. The highest BCUT2D eigenvalue weighted by molar-refractivity contribution is 5.80. The van der Waals surface area contributed by atoms with Gasteiger partial charge < -0.3 is 20.1 Å². The van der Waals surface area contributed by atoms with Crippen LogP contribution in [0.3, 0.4) is 0 Å². The molecule has 1 fully saturated rings. The van der Waals surface area contributed by atoms with Gasteiger partial charge in [-0.2, -0.15) is 5.10 Å². The van der Waals surface area contributed by atoms with Crippen molar-refractivity contribution in [2.75, 3.05) is 24.5 Å². The van der Waals surface area contributed by atoms with E-state index in [4.69, 9.17) is 0 Å². The molecule has 3 rings (SSSR count). The molecule has 1 unspecified atom stereocenters. The molecule has 1 saturated heterocycles. The number of anilines is 1. The summed E-state index contributed by atoms with van der Waals surface area (Å²) < 4.78 is 3.80. The van der Waals surface area contributed by atoms with Crippen molar-refractivity contribution in [2.24, 2.45) is 19.1 Å². The number of nitrogens with one attached hydrogen (secondary N) is 2. The van der Waals surface area contributed by atoms with Gasteiger partial charge in [-0.1, -0.05) is 6.08 Å². The molecular weight excluding hydrogens is 342 g/mol. The summed E-state index contributed by atoms with van der Waals surface area (Å²) in [6.45, 7) is 8.82. The van der Waals surface area contributed by atoms with Crippen molar-refractivity contribution in [3.63, 3.8) is 0 Å². The van der Waals surface area contributed by atoms with Crippen LogP contribution in [0.2, 0.25) is 0 Å². The maximum absolute atomic E-state index is 4.69. The third-order valence-corrected chi connectivity index (χ3v) is 4.79. The Labute approximate surface area is 160 Å². The smallest absolute Gasteiger partial charge is 0.192 e. The van der Waals surface area contributed by atoms with Gasteiger partial charge in [0.2, 0.25) is 0 Å². The lowest BCUT2D eigenvalue weighted by Crippen LogP contribution is -2.51. The fraction of sp³-hybridized carbons (Fsp3) is 0.556. The maximum atomic E-state index is 4.69. The Morgan fingerprint density at radius 1 is 1.41 bits per heavy atom. The van der Waals surface area contributed by atoms with Crippen LogP contribution in [-0.2, 0) is 20.6 Å². The fourth-order valence-corrected chi connectivity index (χ4v) is 3.15. The molecule has 9 heteroatoms. The van der Waals surface area contributed by atoms with E-state index in [0.29, 0.717) is 19.1 Å². The van der Waals surface area contributed by atoms with E-state index < -0.39 is 0 Å². The summed E-state index contributed by atoms with van der Waals surface area (Å²) in [6, 6.07) is 0.316. The molecule has 9 nitrogen and oxygen atoms in total. The number of hydrogen-bond acceptors (Lipinski definition) is 5. The van der Waals surface area contributed by atoms with Crippen LogP contribution in [0.25, 0.3) is 0 Å². The second-order valence-corrected chi connectivity index (χ2v) is 6.86. The third kappa shape index (κ3) is 4.87. The largest absolute Gasteiger partial charge is 0.367 e. The average Bonchev–Trinajstić information content (AvgIpc) is 3.24. The topological polar surface area (TPSA) is 88.2 Å². The number of aromatic nitrogens is 5. The van der Waals surface area contributed by atoms with Crippen LogP contribution in [0, 0.1) is 6.92 Å². The van der Waals surface area contributed by atoms with Gasteiger partial charge in [-0.15, -0.1) is 16.8 Å². The van der Waals surface area contributed by atoms with Crippen molar-refractivity contribution in [3.05, 3.63) is 36.7 Å². The van der Waals surface area contributed by atoms with Gasteiger partial charge in [-0.3, -0.25) is 4.68 Å². The number of aryl methyl sites for hydroxylation is 2. The fourth-order valence-electron chi connectivity index (χ4n) is 3.15. The van der Waals surface area contributed by atoms with E-state index in [1.807, 2.05) is 42.5 Å². The molecule has 1 aliphatic rings. The van der Waals surface area contributed by atoms with Crippen LogP contribution in [0.4, 0.5) is 5.69 Å². The number of guanidine groups is 1. The second kappa shape index (κ2) is 8.70. The van der Waals surface area contributed by atoms with Gasteiger partial charge >= 0.3 is 0 Å². The molecule has 2 N–H and O–H groups in total. The lowest BCUT2D eigenvalue weighted by atomic mass is 10.1. The third-order valence-electron chi connectivity index (χ3n) is 4.79. The zero-order valence-corrected chi connectivity index (χ0v) is 16.4. The molecule has 1 aliphatic heterocycles. The molecule has 0 aliphatic carbocycles. The molecule has 2 aromatic rings. The number of rotatable bonds is 6. The summed E-state index contributed by atoms with van der Waals surface area (Å²) in [5.41, 5.74) is 1.16. The van der Waals surface area contributed by atoms with Crippen LogP contribution in [0.5, 0.6) is 0 Å². The van der Waals surface area contributed by atoms with E-state index >= 15 is 0 Å². The number of hydrogen-bond donors (Lipinski definition) is 2. The monoisotopic (exact) mass is 371 g/mol. The molecule has 0 amide bonds. The highest BCUT2D eigenvalue weighted by Crippen LogP contribution is 2.18. The maximum Gasteiger partial charge on any atom is 0.192 e. The van der Waals surface area contributed by atoms with Crippen LogP contribution in [0.15, 0.2) is 30.0 Å². The molecule has 3 heterocycles. The predicted octanol–water partition coefficient (Wildman–Crippen LogP) is 0.747. The first-order chi connectivity index (χ1) is 13.1. The lowest BCUT2D eigenvalue weighted by molar-refractivity contribution is 0.468. The minimum atomic E-state index is 0.316. The van der Waals surface area contributed by atoms with Gasteiger partial charge in [0, 0.05) is 46.0 Å². The van der Waals surface area contributed by atoms with Crippen LogP contribution < -0.4 is 15.5 Å². The van der Waals surface area contributed by atoms with Crippen LogP contribution in [0.1, 0.15) is 24.5 Å². The summed E-state index contributed by atoms with van der Waals surface area (Å²) in [4.78, 5) is 7.06. The summed E-state index contributed by atoms with van der Waals surface area (Å²) in [6.07, 6.45) is 8.04. The quantitative estimate of drug-likeness (QED) is 0.443. The Bertz CT molecular complexity index is 789. The van der Waals surface area contributed by atoms with Crippen molar-refractivity contribution in [2.45, 2.75) is 32.4 Å². The second-order valence-electron chi connectivity index (χ2n) is 6.86. The molecular formula is C18H29N9. The van der Waals surface area contributed by atoms with Crippen molar-refractivity contribution < 1.29 is 0 Å². The van der Waals surface area contributed by atoms with Gasteiger partial charge in [-0.05, 0) is 19.8 Å². The van der Waals surface area contributed by atoms with Gasteiger partial charge in [0.15, 0.2) is 11.8 Å². The summed E-state index contributed by atoms with van der Waals surface area (Å²) in [5, 5.41) is 19.4. The first kappa shape index (κ1) is 18.9. The molecule has 27 heavy (non-hydrogen) atoms. The van der Waals surface area contributed by atoms with E-state index in [0.717, 1.165) is 49.2 Å². The van der Waals surface area contributed by atoms with Gasteiger partial charge in [0.25, 0.3) is 0 Å². The Hall–Kier alpha value is -2.84. The summed E-state index contributed by atoms with van der Waals surface area (Å²) in [5.74, 6) is 2.49. The minimum absolute atomic E-state index is 0.316. The normalized spacial score (nSPS) is 17.8. The molecule has 2 aromatic heterocycles. The number of piperidine rings is 1. The van der Waals surface area contributed by atoms with Gasteiger partial charge in [-0.25, -0.2) is 4.99 Å². The van der Waals surface area contributed by atoms with Crippen molar-refractivity contribution in [3.8, 4) is 0 Å². The average molecular weight is 371 g/mol. The van der Waals surface area contributed by atoms with E-state index in [2.05, 4.69) is 48.6 Å². The Morgan fingerprint density at radius 2 is 2.26 bits per heavy atom. The molecule has 1 atom stereocenters. The lowest BCUT2D eigenvalue weighted by Gasteiger charge is -2.34. The predicted molar refractivity (Wildman–Crippen MR) is 107 cm³/mol. The minimum Gasteiger partial charge on any atom is -0.367 e. The number of nitrogens with zero attached hydrogens (tertiary/aromatic N) is 7. The summed E-state index contributed by atoms with van der Waals surface area (Å²) >= 11 is 0. The zero-order chi connectivity index (χ0) is 19.2. The first-order valence-electron chi connectivity index (χ1n) is 9.31. The SMILES string of the molecule is C=CCNC(=NCc1nnc(C)n1C)NC1CCCN(c2cnn(C)c2)C1. The first-order valence-corrected chi connectivity index (χ1v) is 9.31. The van der Waals surface area contributed by atoms with Crippen molar-refractivity contribution in [1.82, 2.24) is 35.2 Å². The van der Waals surface area contributed by atoms with Crippen molar-refractivity contribution in [1.29, 1.82) is 0 Å². The van der Waals surface area contributed by atoms with Crippen molar-refractivity contribution >= 4 is 11.6 Å². The highest BCUT2D eigenvalue weighted by Gasteiger charge is 2.21. The zero-order valence-electron chi connectivity index (χ0n) is 16.4. The van der Waals surface area contributed by atoms with E-state index in [1.54, 1.807) is 0 Å². The highest BCUT2D eigenvalue weighted by atomic mass is 15.3. The van der Waals surface area contributed by atoms with E-state index in [1.165, 1.54) is 0 Å². The number of aliphatic imine (C=N–C) groups is 1. The van der Waals surface area contributed by atoms with Crippen LogP contribution >= 0.6 is 0 Å². The Balaban J connectivity index is 1.65. The molecule has 0 saturated carbocycles. The molecule has 0 radical (unpaired) electrons. The van der Waals surface area contributed by atoms with Gasteiger partial charge in [0.1, 0.15) is 12.4 Å². The molecule has 0 aromatic carbocycles. The summed E-state index contributed by atoms with van der Waals surface area (Å²) in [7, 11) is 3.90. The standard InChI is InChI=1S/C18H29N9/c1-5-8-19-18(20-11-17-24-23-14(2)26(17)4)22-15-7-6-9-27(12-15)16-10-21-25(3)13-16/h5,10,13,15H,1,6-9,11-12H2,2-4H3,(H2,19,20,22). The van der Waals surface area contributed by atoms with E-state index in [-0.39, 0.29) is 0 Å². The van der Waals surface area contributed by atoms with Crippen LogP contribution in [-0.4, -0.2) is 56.2 Å². The molecule has 0 bridgehead atoms. The van der Waals surface area contributed by atoms with E-state index in [9.17, 15) is 0 Å². The Kier molecular flexibility index (Phi) is 6.10. The van der Waals surface area contributed by atoms with Gasteiger partial charge in [0.05, 0.1) is 11.9 Å².